The smallest absolute Gasteiger partial charge is 0.260 e. The van der Waals surface area contributed by atoms with Crippen molar-refractivity contribution in [1.29, 1.82) is 5.26 Å². The highest BCUT2D eigenvalue weighted by molar-refractivity contribution is 5.77. The minimum atomic E-state index is -0.228. The largest absolute Gasteiger partial charge is 0.484 e. The third-order valence-electron chi connectivity index (χ3n) is 4.61. The fourth-order valence-electron chi connectivity index (χ4n) is 3.09. The predicted molar refractivity (Wildman–Crippen MR) is 99.5 cm³/mol. The molecule has 1 aliphatic heterocycles. The van der Waals surface area contributed by atoms with Gasteiger partial charge < -0.3 is 9.64 Å². The maximum atomic E-state index is 13.0. The SMILES string of the molecule is N#Cc1ccc(OCC(=O)N2CCCN(Cc3ccc(F)cc3)CC2)cc1. The number of rotatable bonds is 5. The van der Waals surface area contributed by atoms with Gasteiger partial charge in [-0.15, -0.1) is 0 Å². The van der Waals surface area contributed by atoms with Gasteiger partial charge >= 0.3 is 0 Å². The van der Waals surface area contributed by atoms with Crippen molar-refractivity contribution in [2.45, 2.75) is 13.0 Å². The molecule has 1 fully saturated rings. The van der Waals surface area contributed by atoms with Crippen molar-refractivity contribution < 1.29 is 13.9 Å². The summed E-state index contributed by atoms with van der Waals surface area (Å²) >= 11 is 0. The van der Waals surface area contributed by atoms with E-state index >= 15 is 0 Å². The van der Waals surface area contributed by atoms with Crippen LogP contribution in [0.4, 0.5) is 4.39 Å². The van der Waals surface area contributed by atoms with E-state index in [0.717, 1.165) is 31.6 Å². The first kappa shape index (κ1) is 18.9. The number of halogens is 1. The van der Waals surface area contributed by atoms with Gasteiger partial charge in [0.05, 0.1) is 11.6 Å². The fourth-order valence-corrected chi connectivity index (χ4v) is 3.09. The number of benzene rings is 2. The Morgan fingerprint density at radius 3 is 2.48 bits per heavy atom. The second-order valence-electron chi connectivity index (χ2n) is 6.56. The number of carbonyl (C=O) groups is 1. The molecule has 1 amide bonds. The lowest BCUT2D eigenvalue weighted by molar-refractivity contribution is -0.133. The molecule has 3 rings (SSSR count). The number of carbonyl (C=O) groups excluding carboxylic acids is 1. The van der Waals surface area contributed by atoms with E-state index in [9.17, 15) is 9.18 Å². The Bertz CT molecular complexity index is 800. The molecule has 0 radical (unpaired) electrons. The molecular weight excluding hydrogens is 345 g/mol. The van der Waals surface area contributed by atoms with Crippen molar-refractivity contribution in [1.82, 2.24) is 9.80 Å². The average molecular weight is 367 g/mol. The molecule has 0 spiro atoms. The zero-order valence-electron chi connectivity index (χ0n) is 15.1. The molecule has 2 aromatic rings. The molecule has 1 saturated heterocycles. The Morgan fingerprint density at radius 1 is 1.04 bits per heavy atom. The van der Waals surface area contributed by atoms with Gasteiger partial charge in [-0.2, -0.15) is 5.26 Å². The van der Waals surface area contributed by atoms with E-state index in [4.69, 9.17) is 10.00 Å². The highest BCUT2D eigenvalue weighted by atomic mass is 19.1. The summed E-state index contributed by atoms with van der Waals surface area (Å²) in [5, 5.41) is 8.80. The predicted octanol–water partition coefficient (Wildman–Crippen LogP) is 2.81. The number of nitriles is 1. The van der Waals surface area contributed by atoms with Crippen LogP contribution in [-0.2, 0) is 11.3 Å². The average Bonchev–Trinajstić information content (AvgIpc) is 2.94. The van der Waals surface area contributed by atoms with E-state index in [0.29, 0.717) is 24.4 Å². The van der Waals surface area contributed by atoms with Crippen molar-refractivity contribution in [2.24, 2.45) is 0 Å². The van der Waals surface area contributed by atoms with Gasteiger partial charge in [-0.3, -0.25) is 9.69 Å². The summed E-state index contributed by atoms with van der Waals surface area (Å²) in [4.78, 5) is 16.5. The van der Waals surface area contributed by atoms with Crippen LogP contribution in [-0.4, -0.2) is 48.5 Å². The molecule has 27 heavy (non-hydrogen) atoms. The molecule has 0 aliphatic carbocycles. The van der Waals surface area contributed by atoms with E-state index in [1.807, 2.05) is 11.0 Å². The first-order chi connectivity index (χ1) is 13.1. The van der Waals surface area contributed by atoms with E-state index in [2.05, 4.69) is 4.90 Å². The normalized spacial score (nSPS) is 15.0. The third kappa shape index (κ3) is 5.53. The second kappa shape index (κ2) is 9.15. The molecule has 6 heteroatoms. The Labute approximate surface area is 158 Å². The van der Waals surface area contributed by atoms with Crippen molar-refractivity contribution in [3.05, 3.63) is 65.5 Å². The van der Waals surface area contributed by atoms with E-state index in [1.54, 1.807) is 36.4 Å². The lowest BCUT2D eigenvalue weighted by atomic mass is 10.2. The molecule has 1 heterocycles. The van der Waals surface area contributed by atoms with Gasteiger partial charge in [-0.25, -0.2) is 4.39 Å². The van der Waals surface area contributed by atoms with Crippen LogP contribution in [0.15, 0.2) is 48.5 Å². The quantitative estimate of drug-likeness (QED) is 0.815. The zero-order chi connectivity index (χ0) is 19.1. The summed E-state index contributed by atoms with van der Waals surface area (Å²) in [6.07, 6.45) is 0.893. The van der Waals surface area contributed by atoms with Crippen molar-refractivity contribution in [3.63, 3.8) is 0 Å². The second-order valence-corrected chi connectivity index (χ2v) is 6.56. The third-order valence-corrected chi connectivity index (χ3v) is 4.61. The van der Waals surface area contributed by atoms with Crippen LogP contribution in [0.25, 0.3) is 0 Å². The van der Waals surface area contributed by atoms with E-state index in [-0.39, 0.29) is 18.3 Å². The maximum Gasteiger partial charge on any atom is 0.260 e. The number of nitrogens with zero attached hydrogens (tertiary/aromatic N) is 3. The molecular formula is C21H22FN3O2. The molecule has 5 nitrogen and oxygen atoms in total. The molecule has 0 unspecified atom stereocenters. The Balaban J connectivity index is 1.47. The van der Waals surface area contributed by atoms with Gasteiger partial charge in [0.1, 0.15) is 11.6 Å². The molecule has 2 aromatic carbocycles. The molecule has 140 valence electrons. The Hall–Kier alpha value is -2.91. The van der Waals surface area contributed by atoms with Gasteiger partial charge in [0.15, 0.2) is 6.61 Å². The van der Waals surface area contributed by atoms with Crippen LogP contribution in [0.5, 0.6) is 5.75 Å². The lowest BCUT2D eigenvalue weighted by Gasteiger charge is -2.22. The summed E-state index contributed by atoms with van der Waals surface area (Å²) < 4.78 is 18.6. The van der Waals surface area contributed by atoms with Gasteiger partial charge in [0.2, 0.25) is 0 Å². The Morgan fingerprint density at radius 2 is 1.78 bits per heavy atom. The molecule has 0 bridgehead atoms. The fraction of sp³-hybridized carbons (Fsp3) is 0.333. The first-order valence-electron chi connectivity index (χ1n) is 9.01. The monoisotopic (exact) mass is 367 g/mol. The number of amides is 1. The standard InChI is InChI=1S/C21H22FN3O2/c22-19-6-2-18(3-7-19)15-24-10-1-11-25(13-12-24)21(26)16-27-20-8-4-17(14-23)5-9-20/h2-9H,1,10-13,15-16H2. The summed E-state index contributed by atoms with van der Waals surface area (Å²) in [7, 11) is 0. The maximum absolute atomic E-state index is 13.0. The van der Waals surface area contributed by atoms with Gasteiger partial charge in [0.25, 0.3) is 5.91 Å². The van der Waals surface area contributed by atoms with Crippen LogP contribution >= 0.6 is 0 Å². The molecule has 0 aromatic heterocycles. The first-order valence-corrected chi connectivity index (χ1v) is 9.01. The number of ether oxygens (including phenoxy) is 1. The van der Waals surface area contributed by atoms with Crippen LogP contribution in [0.1, 0.15) is 17.5 Å². The van der Waals surface area contributed by atoms with Crippen LogP contribution < -0.4 is 4.74 Å². The van der Waals surface area contributed by atoms with Crippen molar-refractivity contribution in [2.75, 3.05) is 32.8 Å². The highest BCUT2D eigenvalue weighted by Crippen LogP contribution is 2.13. The van der Waals surface area contributed by atoms with Gasteiger partial charge in [0, 0.05) is 32.7 Å². The summed E-state index contributed by atoms with van der Waals surface area (Å²) in [6, 6.07) is 15.3. The molecule has 1 aliphatic rings. The minimum Gasteiger partial charge on any atom is -0.484 e. The van der Waals surface area contributed by atoms with Gasteiger partial charge in [-0.05, 0) is 48.4 Å². The summed E-state index contributed by atoms with van der Waals surface area (Å²) in [5.41, 5.74) is 1.63. The Kier molecular flexibility index (Phi) is 6.39. The van der Waals surface area contributed by atoms with Crippen LogP contribution in [0, 0.1) is 17.1 Å². The minimum absolute atomic E-state index is 0.0101. The van der Waals surface area contributed by atoms with Crippen LogP contribution in [0.2, 0.25) is 0 Å². The van der Waals surface area contributed by atoms with Gasteiger partial charge in [-0.1, -0.05) is 12.1 Å². The van der Waals surface area contributed by atoms with Crippen LogP contribution in [0.3, 0.4) is 0 Å². The highest BCUT2D eigenvalue weighted by Gasteiger charge is 2.19. The van der Waals surface area contributed by atoms with E-state index < -0.39 is 0 Å². The molecule has 0 atom stereocenters. The van der Waals surface area contributed by atoms with Crippen molar-refractivity contribution in [3.8, 4) is 11.8 Å². The summed E-state index contributed by atoms with van der Waals surface area (Å²) in [5.74, 6) is 0.312. The number of hydrogen-bond donors (Lipinski definition) is 0. The zero-order valence-corrected chi connectivity index (χ0v) is 15.1. The summed E-state index contributed by atoms with van der Waals surface area (Å²) in [6.45, 7) is 3.78. The topological polar surface area (TPSA) is 56.6 Å². The molecule has 0 saturated carbocycles. The van der Waals surface area contributed by atoms with E-state index in [1.165, 1.54) is 12.1 Å². The lowest BCUT2D eigenvalue weighted by Crippen LogP contribution is -2.38. The van der Waals surface area contributed by atoms with Crippen molar-refractivity contribution >= 4 is 5.91 Å². The molecule has 0 N–H and O–H groups in total. The number of hydrogen-bond acceptors (Lipinski definition) is 4.